The van der Waals surface area contributed by atoms with Gasteiger partial charge in [0.2, 0.25) is 11.8 Å². The Morgan fingerprint density at radius 2 is 2.00 bits per heavy atom. The fourth-order valence-electron chi connectivity index (χ4n) is 3.98. The molecule has 0 aromatic heterocycles. The van der Waals surface area contributed by atoms with Gasteiger partial charge in [0.1, 0.15) is 17.0 Å². The van der Waals surface area contributed by atoms with Gasteiger partial charge in [-0.2, -0.15) is 0 Å². The number of hydrogen-bond donors (Lipinski definition) is 1. The first-order valence-corrected chi connectivity index (χ1v) is 9.30. The summed E-state index contributed by atoms with van der Waals surface area (Å²) in [7, 11) is 3.20. The Hall–Kier alpha value is -2.24. The maximum atomic E-state index is 13.0. The Balaban J connectivity index is 1.82. The molecule has 1 saturated heterocycles. The van der Waals surface area contributed by atoms with E-state index in [0.717, 1.165) is 31.2 Å². The summed E-state index contributed by atoms with van der Waals surface area (Å²) in [4.78, 5) is 27.2. The van der Waals surface area contributed by atoms with Crippen molar-refractivity contribution in [2.24, 2.45) is 0 Å². The number of benzene rings is 1. The molecule has 0 radical (unpaired) electrons. The molecule has 1 aliphatic carbocycles. The number of rotatable bonds is 6. The van der Waals surface area contributed by atoms with E-state index >= 15 is 0 Å². The van der Waals surface area contributed by atoms with E-state index in [1.807, 2.05) is 25.1 Å². The Kier molecular flexibility index (Phi) is 5.39. The van der Waals surface area contributed by atoms with Crippen LogP contribution in [0.4, 0.5) is 0 Å². The molecule has 1 saturated carbocycles. The second-order valence-corrected chi connectivity index (χ2v) is 7.39. The summed E-state index contributed by atoms with van der Waals surface area (Å²) in [6, 6.07) is 5.74. The Labute approximate surface area is 154 Å². The number of carbonyl (C=O) groups excluding carboxylic acids is 2. The summed E-state index contributed by atoms with van der Waals surface area (Å²) < 4.78 is 10.7. The van der Waals surface area contributed by atoms with Gasteiger partial charge in [-0.25, -0.2) is 0 Å². The van der Waals surface area contributed by atoms with Crippen LogP contribution in [0.3, 0.4) is 0 Å². The van der Waals surface area contributed by atoms with Crippen LogP contribution in [0.15, 0.2) is 18.2 Å². The van der Waals surface area contributed by atoms with Gasteiger partial charge in [0.15, 0.2) is 0 Å². The highest BCUT2D eigenvalue weighted by atomic mass is 16.5. The van der Waals surface area contributed by atoms with Crippen LogP contribution in [0, 0.1) is 0 Å². The minimum atomic E-state index is -0.826. The van der Waals surface area contributed by atoms with Crippen molar-refractivity contribution in [3.63, 3.8) is 0 Å². The molecule has 1 heterocycles. The number of hydrogen-bond acceptors (Lipinski definition) is 4. The molecule has 1 aromatic carbocycles. The van der Waals surface area contributed by atoms with Gasteiger partial charge < -0.3 is 19.7 Å². The standard InChI is InChI=1S/C20H28N2O4/c1-20(19(24)21-15-6-4-5-7-15)11-10-18(23)22(20)13-14-12-16(25-2)8-9-17(14)26-3/h8-9,12,15H,4-7,10-11,13H2,1-3H3,(H,21,24)/t20-/m0/s1. The third kappa shape index (κ3) is 3.50. The molecule has 0 spiro atoms. The zero-order chi connectivity index (χ0) is 18.7. The molecule has 1 aliphatic heterocycles. The number of nitrogens with one attached hydrogen (secondary N) is 1. The number of ether oxygens (including phenoxy) is 2. The van der Waals surface area contributed by atoms with Gasteiger partial charge in [-0.05, 0) is 44.4 Å². The Bertz CT molecular complexity index is 684. The van der Waals surface area contributed by atoms with E-state index in [4.69, 9.17) is 9.47 Å². The summed E-state index contributed by atoms with van der Waals surface area (Å²) in [6.45, 7) is 2.20. The zero-order valence-electron chi connectivity index (χ0n) is 15.8. The fraction of sp³-hybridized carbons (Fsp3) is 0.600. The summed E-state index contributed by atoms with van der Waals surface area (Å²) in [6.07, 6.45) is 5.30. The van der Waals surface area contributed by atoms with Crippen LogP contribution in [0.2, 0.25) is 0 Å². The molecule has 26 heavy (non-hydrogen) atoms. The average Bonchev–Trinajstić information content (AvgIpc) is 3.25. The van der Waals surface area contributed by atoms with Crippen molar-refractivity contribution in [3.05, 3.63) is 23.8 Å². The molecular formula is C20H28N2O4. The van der Waals surface area contributed by atoms with E-state index in [1.165, 1.54) is 0 Å². The molecule has 2 amide bonds. The number of nitrogens with zero attached hydrogens (tertiary/aromatic N) is 1. The van der Waals surface area contributed by atoms with Crippen LogP contribution < -0.4 is 14.8 Å². The zero-order valence-corrected chi connectivity index (χ0v) is 15.8. The number of carbonyl (C=O) groups is 2. The lowest BCUT2D eigenvalue weighted by atomic mass is 9.96. The minimum absolute atomic E-state index is 0.000977. The van der Waals surface area contributed by atoms with E-state index in [0.29, 0.717) is 30.9 Å². The number of likely N-dealkylation sites (tertiary alicyclic amines) is 1. The summed E-state index contributed by atoms with van der Waals surface area (Å²) in [5.41, 5.74) is 0.00954. The van der Waals surface area contributed by atoms with Crippen LogP contribution in [0.1, 0.15) is 51.0 Å². The summed E-state index contributed by atoms with van der Waals surface area (Å²) in [5.74, 6) is 1.34. The van der Waals surface area contributed by atoms with Crippen molar-refractivity contribution in [1.82, 2.24) is 10.2 Å². The second-order valence-electron chi connectivity index (χ2n) is 7.39. The van der Waals surface area contributed by atoms with Gasteiger partial charge in [-0.1, -0.05) is 12.8 Å². The first-order valence-electron chi connectivity index (χ1n) is 9.30. The van der Waals surface area contributed by atoms with Gasteiger partial charge in [0.05, 0.1) is 20.8 Å². The van der Waals surface area contributed by atoms with Crippen molar-refractivity contribution in [3.8, 4) is 11.5 Å². The van der Waals surface area contributed by atoms with Gasteiger partial charge in [-0.3, -0.25) is 9.59 Å². The van der Waals surface area contributed by atoms with Gasteiger partial charge in [-0.15, -0.1) is 0 Å². The first kappa shape index (κ1) is 18.5. The van der Waals surface area contributed by atoms with Crippen molar-refractivity contribution in [1.29, 1.82) is 0 Å². The second kappa shape index (κ2) is 7.56. The maximum absolute atomic E-state index is 13.0. The molecule has 2 aliphatic rings. The van der Waals surface area contributed by atoms with E-state index in [1.54, 1.807) is 19.1 Å². The van der Waals surface area contributed by atoms with E-state index in [2.05, 4.69) is 5.32 Å². The van der Waals surface area contributed by atoms with Crippen molar-refractivity contribution in [2.45, 2.75) is 63.6 Å². The first-order chi connectivity index (χ1) is 12.5. The molecule has 142 valence electrons. The molecule has 0 unspecified atom stereocenters. The quantitative estimate of drug-likeness (QED) is 0.847. The highest BCUT2D eigenvalue weighted by Crippen LogP contribution is 2.35. The van der Waals surface area contributed by atoms with E-state index < -0.39 is 5.54 Å². The lowest BCUT2D eigenvalue weighted by Gasteiger charge is -2.35. The molecule has 0 bridgehead atoms. The topological polar surface area (TPSA) is 67.9 Å². The van der Waals surface area contributed by atoms with Gasteiger partial charge in [0.25, 0.3) is 0 Å². The monoisotopic (exact) mass is 360 g/mol. The molecule has 6 heteroatoms. The number of amides is 2. The Morgan fingerprint density at radius 1 is 1.27 bits per heavy atom. The molecule has 3 rings (SSSR count). The Morgan fingerprint density at radius 3 is 2.65 bits per heavy atom. The number of methoxy groups -OCH3 is 2. The highest BCUT2D eigenvalue weighted by molar-refractivity contribution is 5.94. The largest absolute Gasteiger partial charge is 0.497 e. The normalized spacial score (nSPS) is 23.3. The third-order valence-corrected chi connectivity index (χ3v) is 5.72. The maximum Gasteiger partial charge on any atom is 0.245 e. The van der Waals surface area contributed by atoms with Gasteiger partial charge >= 0.3 is 0 Å². The van der Waals surface area contributed by atoms with E-state index in [-0.39, 0.29) is 17.9 Å². The average molecular weight is 360 g/mol. The van der Waals surface area contributed by atoms with Crippen LogP contribution in [0.5, 0.6) is 11.5 Å². The van der Waals surface area contributed by atoms with E-state index in [9.17, 15) is 9.59 Å². The SMILES string of the molecule is COc1ccc(OC)c(CN2C(=O)CC[C@@]2(C)C(=O)NC2CCCC2)c1. The lowest BCUT2D eigenvalue weighted by molar-refractivity contribution is -0.141. The lowest BCUT2D eigenvalue weighted by Crippen LogP contribution is -2.55. The predicted molar refractivity (Wildman–Crippen MR) is 98.1 cm³/mol. The molecular weight excluding hydrogens is 332 g/mol. The van der Waals surface area contributed by atoms with Crippen LogP contribution in [0.25, 0.3) is 0 Å². The fourth-order valence-corrected chi connectivity index (χ4v) is 3.98. The third-order valence-electron chi connectivity index (χ3n) is 5.72. The molecule has 1 N–H and O–H groups in total. The van der Waals surface area contributed by atoms with Gasteiger partial charge in [0, 0.05) is 18.0 Å². The highest BCUT2D eigenvalue weighted by Gasteiger charge is 2.47. The smallest absolute Gasteiger partial charge is 0.245 e. The molecule has 1 aromatic rings. The summed E-state index contributed by atoms with van der Waals surface area (Å²) in [5, 5.41) is 3.16. The van der Waals surface area contributed by atoms with Crippen LogP contribution in [-0.2, 0) is 16.1 Å². The van der Waals surface area contributed by atoms with Crippen LogP contribution >= 0.6 is 0 Å². The minimum Gasteiger partial charge on any atom is -0.497 e. The summed E-state index contributed by atoms with van der Waals surface area (Å²) >= 11 is 0. The molecule has 1 atom stereocenters. The van der Waals surface area contributed by atoms with Crippen molar-refractivity contribution < 1.29 is 19.1 Å². The molecule has 2 fully saturated rings. The van der Waals surface area contributed by atoms with Crippen LogP contribution in [-0.4, -0.2) is 42.5 Å². The predicted octanol–water partition coefficient (Wildman–Crippen LogP) is 2.64. The molecule has 6 nitrogen and oxygen atoms in total. The van der Waals surface area contributed by atoms with Crippen molar-refractivity contribution in [2.75, 3.05) is 14.2 Å². The van der Waals surface area contributed by atoms with Crippen molar-refractivity contribution >= 4 is 11.8 Å².